The molecule has 1 heterocycles. The quantitative estimate of drug-likeness (QED) is 0.865. The van der Waals surface area contributed by atoms with Gasteiger partial charge in [0.05, 0.1) is 25.2 Å². The molecule has 0 aromatic heterocycles. The third kappa shape index (κ3) is 4.40. The number of benzene rings is 1. The molecule has 1 aliphatic heterocycles. The second-order valence-electron chi connectivity index (χ2n) is 6.47. The van der Waals surface area contributed by atoms with Gasteiger partial charge in [0.15, 0.2) is 0 Å². The molecule has 0 atom stereocenters. The molecule has 1 saturated heterocycles. The summed E-state index contributed by atoms with van der Waals surface area (Å²) in [6, 6.07) is 5.17. The van der Waals surface area contributed by atoms with Gasteiger partial charge in [0.1, 0.15) is 11.5 Å². The number of carboxylic acids is 1. The summed E-state index contributed by atoms with van der Waals surface area (Å²) in [5.74, 6) is 0.211. The van der Waals surface area contributed by atoms with Gasteiger partial charge in [-0.2, -0.15) is 0 Å². The molecule has 0 aliphatic carbocycles. The number of methoxy groups -OCH3 is 1. The fraction of sp³-hybridized carbons (Fsp3) is 0.556. The van der Waals surface area contributed by atoms with Crippen LogP contribution >= 0.6 is 0 Å². The number of rotatable bonds is 6. The largest absolute Gasteiger partial charge is 0.497 e. The fourth-order valence-corrected chi connectivity index (χ4v) is 2.68. The predicted octanol–water partition coefficient (Wildman–Crippen LogP) is 2.67. The minimum Gasteiger partial charge on any atom is -0.497 e. The first-order valence-corrected chi connectivity index (χ1v) is 8.25. The number of hydrogen-bond donors (Lipinski definition) is 1. The number of carbonyl (C=O) groups excluding carboxylic acids is 1. The smallest absolute Gasteiger partial charge is 0.306 e. The van der Waals surface area contributed by atoms with Crippen molar-refractivity contribution < 1.29 is 24.2 Å². The molecule has 0 spiro atoms. The Kier molecular flexibility index (Phi) is 6.06. The molecule has 24 heavy (non-hydrogen) atoms. The molecular formula is C18H25NO5. The summed E-state index contributed by atoms with van der Waals surface area (Å²) in [6.07, 6.45) is 0.971. The van der Waals surface area contributed by atoms with Crippen LogP contribution < -0.4 is 9.47 Å². The average Bonchev–Trinajstić information content (AvgIpc) is 2.59. The lowest BCUT2D eigenvalue weighted by atomic mass is 9.96. The van der Waals surface area contributed by atoms with Gasteiger partial charge in [-0.05, 0) is 30.9 Å². The summed E-state index contributed by atoms with van der Waals surface area (Å²) < 4.78 is 11.0. The zero-order valence-electron chi connectivity index (χ0n) is 14.4. The Hall–Kier alpha value is -2.24. The maximum Gasteiger partial charge on any atom is 0.306 e. The lowest BCUT2D eigenvalue weighted by Crippen LogP contribution is -2.40. The highest BCUT2D eigenvalue weighted by Gasteiger charge is 2.28. The van der Waals surface area contributed by atoms with Crippen LogP contribution in [0.3, 0.4) is 0 Å². The van der Waals surface area contributed by atoms with E-state index in [1.165, 1.54) is 0 Å². The molecule has 2 rings (SSSR count). The Labute approximate surface area is 142 Å². The van der Waals surface area contributed by atoms with Crippen LogP contribution in [0, 0.1) is 11.8 Å². The number of likely N-dealkylation sites (tertiary alicyclic amines) is 1. The van der Waals surface area contributed by atoms with E-state index < -0.39 is 5.97 Å². The van der Waals surface area contributed by atoms with E-state index in [9.17, 15) is 9.59 Å². The molecule has 0 unspecified atom stereocenters. The maximum absolute atomic E-state index is 12.8. The number of amides is 1. The van der Waals surface area contributed by atoms with E-state index in [0.717, 1.165) is 0 Å². The fourth-order valence-electron chi connectivity index (χ4n) is 2.68. The van der Waals surface area contributed by atoms with E-state index in [1.807, 2.05) is 13.8 Å². The third-order valence-corrected chi connectivity index (χ3v) is 4.12. The number of carbonyl (C=O) groups is 2. The zero-order valence-corrected chi connectivity index (χ0v) is 14.4. The molecule has 0 bridgehead atoms. The van der Waals surface area contributed by atoms with Gasteiger partial charge < -0.3 is 19.5 Å². The van der Waals surface area contributed by atoms with Gasteiger partial charge in [-0.15, -0.1) is 0 Å². The van der Waals surface area contributed by atoms with E-state index in [2.05, 4.69) is 0 Å². The Morgan fingerprint density at radius 3 is 2.50 bits per heavy atom. The Morgan fingerprint density at radius 1 is 1.29 bits per heavy atom. The van der Waals surface area contributed by atoms with E-state index in [0.29, 0.717) is 55.5 Å². The van der Waals surface area contributed by atoms with Crippen LogP contribution in [0.2, 0.25) is 0 Å². The van der Waals surface area contributed by atoms with Crippen LogP contribution in [0.25, 0.3) is 0 Å². The molecule has 6 heteroatoms. The Bertz CT molecular complexity index is 591. The number of hydrogen-bond acceptors (Lipinski definition) is 4. The van der Waals surface area contributed by atoms with Crippen molar-refractivity contribution in [1.82, 2.24) is 4.90 Å². The second-order valence-corrected chi connectivity index (χ2v) is 6.47. The van der Waals surface area contributed by atoms with Gasteiger partial charge in [0.2, 0.25) is 0 Å². The van der Waals surface area contributed by atoms with Crippen LogP contribution in [-0.4, -0.2) is 48.7 Å². The number of ether oxygens (including phenoxy) is 2. The van der Waals surface area contributed by atoms with Crippen LogP contribution in [0.5, 0.6) is 11.5 Å². The summed E-state index contributed by atoms with van der Waals surface area (Å²) >= 11 is 0. The van der Waals surface area contributed by atoms with Gasteiger partial charge >= 0.3 is 5.97 Å². The topological polar surface area (TPSA) is 76.1 Å². The predicted molar refractivity (Wildman–Crippen MR) is 89.6 cm³/mol. The van der Waals surface area contributed by atoms with Crippen molar-refractivity contribution in [1.29, 1.82) is 0 Å². The first kappa shape index (κ1) is 18.1. The van der Waals surface area contributed by atoms with Crippen molar-refractivity contribution >= 4 is 11.9 Å². The Balaban J connectivity index is 2.14. The zero-order chi connectivity index (χ0) is 17.7. The Morgan fingerprint density at radius 2 is 1.96 bits per heavy atom. The van der Waals surface area contributed by atoms with Crippen LogP contribution in [0.1, 0.15) is 37.0 Å². The summed E-state index contributed by atoms with van der Waals surface area (Å²) in [7, 11) is 1.57. The van der Waals surface area contributed by atoms with Crippen molar-refractivity contribution in [3.63, 3.8) is 0 Å². The first-order chi connectivity index (χ1) is 11.4. The molecule has 6 nitrogen and oxygen atoms in total. The number of aliphatic carboxylic acids is 1. The monoisotopic (exact) mass is 335 g/mol. The van der Waals surface area contributed by atoms with Gasteiger partial charge in [0, 0.05) is 19.2 Å². The SMILES string of the molecule is COc1ccc(C(=O)N2CCC(C(=O)O)CC2)c(OCC(C)C)c1. The summed E-state index contributed by atoms with van der Waals surface area (Å²) in [6.45, 7) is 5.49. The highest BCUT2D eigenvalue weighted by Crippen LogP contribution is 2.28. The van der Waals surface area contributed by atoms with Crippen LogP contribution in [0.15, 0.2) is 18.2 Å². The minimum atomic E-state index is -0.785. The molecule has 1 amide bonds. The normalized spacial score (nSPS) is 15.4. The molecular weight excluding hydrogens is 310 g/mol. The molecule has 132 valence electrons. The second kappa shape index (κ2) is 8.04. The lowest BCUT2D eigenvalue weighted by molar-refractivity contribution is -0.143. The standard InChI is InChI=1S/C18H25NO5/c1-12(2)11-24-16-10-14(23-3)4-5-15(16)17(20)19-8-6-13(7-9-19)18(21)22/h4-5,10,12-13H,6-9,11H2,1-3H3,(H,21,22). The number of carboxylic acid groups (broad SMARTS) is 1. The maximum atomic E-state index is 12.8. The minimum absolute atomic E-state index is 0.125. The van der Waals surface area contributed by atoms with Gasteiger partial charge in [0.25, 0.3) is 5.91 Å². The molecule has 0 radical (unpaired) electrons. The number of nitrogens with zero attached hydrogens (tertiary/aromatic N) is 1. The van der Waals surface area contributed by atoms with Crippen LogP contribution in [0.4, 0.5) is 0 Å². The van der Waals surface area contributed by atoms with Crippen molar-refractivity contribution in [2.75, 3.05) is 26.8 Å². The third-order valence-electron chi connectivity index (χ3n) is 4.12. The number of piperidine rings is 1. The molecule has 1 N–H and O–H groups in total. The van der Waals surface area contributed by atoms with E-state index in [-0.39, 0.29) is 11.8 Å². The van der Waals surface area contributed by atoms with E-state index >= 15 is 0 Å². The summed E-state index contributed by atoms with van der Waals surface area (Å²) in [5, 5.41) is 9.07. The van der Waals surface area contributed by atoms with Gasteiger partial charge in [-0.25, -0.2) is 0 Å². The van der Waals surface area contributed by atoms with Gasteiger partial charge in [-0.3, -0.25) is 9.59 Å². The highest BCUT2D eigenvalue weighted by molar-refractivity contribution is 5.97. The molecule has 1 aromatic rings. The van der Waals surface area contributed by atoms with Crippen molar-refractivity contribution in [3.8, 4) is 11.5 Å². The first-order valence-electron chi connectivity index (χ1n) is 8.25. The van der Waals surface area contributed by atoms with Crippen LogP contribution in [-0.2, 0) is 4.79 Å². The summed E-state index contributed by atoms with van der Waals surface area (Å²) in [5.41, 5.74) is 0.491. The molecule has 0 saturated carbocycles. The van der Waals surface area contributed by atoms with E-state index in [1.54, 1.807) is 30.2 Å². The van der Waals surface area contributed by atoms with Gasteiger partial charge in [-0.1, -0.05) is 13.8 Å². The molecule has 1 aliphatic rings. The highest BCUT2D eigenvalue weighted by atomic mass is 16.5. The summed E-state index contributed by atoms with van der Waals surface area (Å²) in [4.78, 5) is 25.5. The molecule has 1 aromatic carbocycles. The van der Waals surface area contributed by atoms with Crippen molar-refractivity contribution in [3.05, 3.63) is 23.8 Å². The van der Waals surface area contributed by atoms with E-state index in [4.69, 9.17) is 14.6 Å². The molecule has 1 fully saturated rings. The van der Waals surface area contributed by atoms with Crippen molar-refractivity contribution in [2.24, 2.45) is 11.8 Å². The lowest BCUT2D eigenvalue weighted by Gasteiger charge is -2.30. The average molecular weight is 335 g/mol. The van der Waals surface area contributed by atoms with Crippen molar-refractivity contribution in [2.45, 2.75) is 26.7 Å².